The van der Waals surface area contributed by atoms with E-state index < -0.39 is 0 Å². The maximum atomic E-state index is 11.8. The molecule has 1 aliphatic rings. The Morgan fingerprint density at radius 2 is 1.96 bits per heavy atom. The van der Waals surface area contributed by atoms with E-state index in [0.717, 1.165) is 54.5 Å². The molecule has 1 unspecified atom stereocenters. The summed E-state index contributed by atoms with van der Waals surface area (Å²) >= 11 is 6.02. The molecule has 0 amide bonds. The van der Waals surface area contributed by atoms with Crippen molar-refractivity contribution < 1.29 is 9.53 Å². The van der Waals surface area contributed by atoms with Gasteiger partial charge in [0.25, 0.3) is 0 Å². The molecule has 1 atom stereocenters. The van der Waals surface area contributed by atoms with Crippen LogP contribution in [-0.4, -0.2) is 40.6 Å². The van der Waals surface area contributed by atoms with E-state index in [9.17, 15) is 4.79 Å². The molecule has 3 aromatic rings. The predicted octanol–water partition coefficient (Wildman–Crippen LogP) is 3.73. The summed E-state index contributed by atoms with van der Waals surface area (Å²) in [5.41, 5.74) is 3.29. The van der Waals surface area contributed by atoms with Crippen molar-refractivity contribution in [1.82, 2.24) is 14.5 Å². The standard InChI is InChI=1S/C21H22ClN3O2/c1-27-21(26)16-10-11-24(13-16)14-20-23-18-4-2-3-5-19(18)25(20)12-15-6-8-17(22)9-7-15/h2-9,16H,10-14H2,1H3. The molecule has 0 bridgehead atoms. The number of carbonyl (C=O) groups is 1. The van der Waals surface area contributed by atoms with E-state index in [1.165, 1.54) is 12.7 Å². The second kappa shape index (κ2) is 7.71. The summed E-state index contributed by atoms with van der Waals surface area (Å²) in [6, 6.07) is 16.1. The Balaban J connectivity index is 1.60. The van der Waals surface area contributed by atoms with Crippen LogP contribution < -0.4 is 0 Å². The van der Waals surface area contributed by atoms with Gasteiger partial charge < -0.3 is 9.30 Å². The molecule has 1 fully saturated rings. The minimum atomic E-state index is -0.118. The lowest BCUT2D eigenvalue weighted by Gasteiger charge is -2.17. The number of nitrogens with zero attached hydrogens (tertiary/aromatic N) is 3. The quantitative estimate of drug-likeness (QED) is 0.630. The molecule has 0 aliphatic carbocycles. The predicted molar refractivity (Wildman–Crippen MR) is 106 cm³/mol. The number of aromatic nitrogens is 2. The highest BCUT2D eigenvalue weighted by atomic mass is 35.5. The van der Waals surface area contributed by atoms with Gasteiger partial charge in [0.1, 0.15) is 5.82 Å². The molecule has 6 heteroatoms. The number of hydrogen-bond acceptors (Lipinski definition) is 4. The van der Waals surface area contributed by atoms with Crippen LogP contribution in [0.15, 0.2) is 48.5 Å². The molecule has 0 radical (unpaired) electrons. The lowest BCUT2D eigenvalue weighted by atomic mass is 10.1. The summed E-state index contributed by atoms with van der Waals surface area (Å²) in [5.74, 6) is 0.855. The Labute approximate surface area is 163 Å². The summed E-state index contributed by atoms with van der Waals surface area (Å²) in [6.07, 6.45) is 0.837. The van der Waals surface area contributed by atoms with Crippen LogP contribution in [0.4, 0.5) is 0 Å². The zero-order chi connectivity index (χ0) is 18.8. The van der Waals surface area contributed by atoms with Crippen LogP contribution in [0, 0.1) is 5.92 Å². The Hall–Kier alpha value is -2.37. The first kappa shape index (κ1) is 18.0. The number of carbonyl (C=O) groups excluding carboxylic acids is 1. The first-order valence-electron chi connectivity index (χ1n) is 9.13. The summed E-state index contributed by atoms with van der Waals surface area (Å²) in [4.78, 5) is 18.9. The largest absolute Gasteiger partial charge is 0.469 e. The zero-order valence-corrected chi connectivity index (χ0v) is 16.0. The van der Waals surface area contributed by atoms with Gasteiger partial charge in [0, 0.05) is 18.1 Å². The van der Waals surface area contributed by atoms with E-state index in [4.69, 9.17) is 21.3 Å². The molecule has 0 N–H and O–H groups in total. The van der Waals surface area contributed by atoms with E-state index in [2.05, 4.69) is 15.5 Å². The lowest BCUT2D eigenvalue weighted by Crippen LogP contribution is -2.25. The van der Waals surface area contributed by atoms with Gasteiger partial charge in [-0.3, -0.25) is 9.69 Å². The smallest absolute Gasteiger partial charge is 0.310 e. The van der Waals surface area contributed by atoms with Crippen molar-refractivity contribution in [2.45, 2.75) is 19.5 Å². The third-order valence-electron chi connectivity index (χ3n) is 5.16. The average Bonchev–Trinajstić information content (AvgIpc) is 3.28. The minimum Gasteiger partial charge on any atom is -0.469 e. The van der Waals surface area contributed by atoms with Crippen molar-refractivity contribution >= 4 is 28.6 Å². The van der Waals surface area contributed by atoms with Crippen LogP contribution >= 0.6 is 11.6 Å². The summed E-state index contributed by atoms with van der Waals surface area (Å²) < 4.78 is 7.15. The fraction of sp³-hybridized carbons (Fsp3) is 0.333. The number of halogens is 1. The molecular weight excluding hydrogens is 362 g/mol. The van der Waals surface area contributed by atoms with Crippen LogP contribution in [0.5, 0.6) is 0 Å². The van der Waals surface area contributed by atoms with Crippen LogP contribution in [0.2, 0.25) is 5.02 Å². The third kappa shape index (κ3) is 3.84. The topological polar surface area (TPSA) is 47.4 Å². The summed E-state index contributed by atoms with van der Waals surface area (Å²) in [5, 5.41) is 0.736. The molecule has 2 aromatic carbocycles. The first-order chi connectivity index (χ1) is 13.1. The van der Waals surface area contributed by atoms with Gasteiger partial charge in [0.15, 0.2) is 0 Å². The summed E-state index contributed by atoms with van der Waals surface area (Å²) in [6.45, 7) is 3.05. The second-order valence-corrected chi connectivity index (χ2v) is 7.41. The highest BCUT2D eigenvalue weighted by molar-refractivity contribution is 6.30. The van der Waals surface area contributed by atoms with Gasteiger partial charge in [-0.1, -0.05) is 35.9 Å². The van der Waals surface area contributed by atoms with Crippen LogP contribution in [0.25, 0.3) is 11.0 Å². The Kier molecular flexibility index (Phi) is 5.14. The number of esters is 1. The Bertz CT molecular complexity index is 952. The number of imidazole rings is 1. The normalized spacial score (nSPS) is 17.5. The molecule has 1 aliphatic heterocycles. The Morgan fingerprint density at radius 3 is 2.74 bits per heavy atom. The molecule has 0 spiro atoms. The van der Waals surface area contributed by atoms with Crippen molar-refractivity contribution in [3.63, 3.8) is 0 Å². The average molecular weight is 384 g/mol. The van der Waals surface area contributed by atoms with Crippen LogP contribution in [0.1, 0.15) is 17.8 Å². The Morgan fingerprint density at radius 1 is 1.19 bits per heavy atom. The monoisotopic (exact) mass is 383 g/mol. The van der Waals surface area contributed by atoms with Crippen molar-refractivity contribution in [3.8, 4) is 0 Å². The lowest BCUT2D eigenvalue weighted by molar-refractivity contribution is -0.144. The van der Waals surface area contributed by atoms with Crippen molar-refractivity contribution in [3.05, 3.63) is 64.9 Å². The molecule has 140 valence electrons. The van der Waals surface area contributed by atoms with Gasteiger partial charge in [-0.2, -0.15) is 0 Å². The molecule has 1 aromatic heterocycles. The SMILES string of the molecule is COC(=O)C1CCN(Cc2nc3ccccc3n2Cc2ccc(Cl)cc2)C1. The molecule has 2 heterocycles. The van der Waals surface area contributed by atoms with Gasteiger partial charge in [-0.05, 0) is 42.8 Å². The molecule has 0 saturated carbocycles. The first-order valence-corrected chi connectivity index (χ1v) is 9.50. The van der Waals surface area contributed by atoms with Gasteiger partial charge in [0.05, 0.1) is 30.6 Å². The highest BCUT2D eigenvalue weighted by Crippen LogP contribution is 2.23. The van der Waals surface area contributed by atoms with E-state index in [1.54, 1.807) is 0 Å². The highest BCUT2D eigenvalue weighted by Gasteiger charge is 2.29. The maximum absolute atomic E-state index is 11.8. The minimum absolute atomic E-state index is 0.0379. The maximum Gasteiger partial charge on any atom is 0.310 e. The number of fused-ring (bicyclic) bond motifs is 1. The van der Waals surface area contributed by atoms with E-state index in [0.29, 0.717) is 0 Å². The molecule has 4 rings (SSSR count). The fourth-order valence-corrected chi connectivity index (χ4v) is 3.86. The zero-order valence-electron chi connectivity index (χ0n) is 15.3. The third-order valence-corrected chi connectivity index (χ3v) is 5.41. The summed E-state index contributed by atoms with van der Waals surface area (Å²) in [7, 11) is 1.45. The number of benzene rings is 2. The number of ether oxygens (including phenoxy) is 1. The van der Waals surface area contributed by atoms with Gasteiger partial charge in [-0.15, -0.1) is 0 Å². The van der Waals surface area contributed by atoms with Crippen LogP contribution in [0.3, 0.4) is 0 Å². The van der Waals surface area contributed by atoms with Crippen molar-refractivity contribution in [2.24, 2.45) is 5.92 Å². The molecule has 1 saturated heterocycles. The number of methoxy groups -OCH3 is 1. The van der Waals surface area contributed by atoms with Crippen LogP contribution in [-0.2, 0) is 22.6 Å². The molecule has 27 heavy (non-hydrogen) atoms. The number of likely N-dealkylation sites (tertiary alicyclic amines) is 1. The van der Waals surface area contributed by atoms with Gasteiger partial charge >= 0.3 is 5.97 Å². The van der Waals surface area contributed by atoms with E-state index >= 15 is 0 Å². The van der Waals surface area contributed by atoms with E-state index in [-0.39, 0.29) is 11.9 Å². The molecule has 5 nitrogen and oxygen atoms in total. The second-order valence-electron chi connectivity index (χ2n) is 6.97. The van der Waals surface area contributed by atoms with Gasteiger partial charge in [-0.25, -0.2) is 4.98 Å². The number of rotatable bonds is 5. The van der Waals surface area contributed by atoms with E-state index in [1.807, 2.05) is 42.5 Å². The molecular formula is C21H22ClN3O2. The fourth-order valence-electron chi connectivity index (χ4n) is 3.73. The van der Waals surface area contributed by atoms with Crippen molar-refractivity contribution in [2.75, 3.05) is 20.2 Å². The van der Waals surface area contributed by atoms with Gasteiger partial charge in [0.2, 0.25) is 0 Å². The number of para-hydroxylation sites is 2. The van der Waals surface area contributed by atoms with Crippen molar-refractivity contribution in [1.29, 1.82) is 0 Å². The number of hydrogen-bond donors (Lipinski definition) is 0.